The van der Waals surface area contributed by atoms with E-state index in [0.717, 1.165) is 12.0 Å². The number of sulfonamides is 1. The van der Waals surface area contributed by atoms with Gasteiger partial charge in [-0.2, -0.15) is 5.26 Å². The van der Waals surface area contributed by atoms with Gasteiger partial charge < -0.3 is 0 Å². The summed E-state index contributed by atoms with van der Waals surface area (Å²) in [6, 6.07) is 10.1. The molecule has 0 saturated heterocycles. The molecule has 0 aliphatic heterocycles. The molecule has 1 N–H and O–H groups in total. The highest BCUT2D eigenvalue weighted by Crippen LogP contribution is 2.45. The molecule has 1 aliphatic rings. The van der Waals surface area contributed by atoms with Crippen molar-refractivity contribution in [1.82, 2.24) is 4.72 Å². The Labute approximate surface area is 127 Å². The molecule has 1 atom stereocenters. The van der Waals surface area contributed by atoms with Gasteiger partial charge in [-0.05, 0) is 38.2 Å². The highest BCUT2D eigenvalue weighted by molar-refractivity contribution is 7.89. The van der Waals surface area contributed by atoms with Crippen LogP contribution in [-0.4, -0.2) is 20.2 Å². The van der Waals surface area contributed by atoms with Gasteiger partial charge in [0, 0.05) is 6.04 Å². The predicted octanol–water partition coefficient (Wildman–Crippen LogP) is 2.54. The van der Waals surface area contributed by atoms with E-state index in [2.05, 4.69) is 10.8 Å². The summed E-state index contributed by atoms with van der Waals surface area (Å²) in [4.78, 5) is 0. The van der Waals surface area contributed by atoms with Crippen LogP contribution in [0.2, 0.25) is 0 Å². The number of hydrogen-bond donors (Lipinski definition) is 1. The fraction of sp³-hybridized carbons (Fsp3) is 0.562. The first-order chi connectivity index (χ1) is 9.88. The average molecular weight is 306 g/mol. The van der Waals surface area contributed by atoms with E-state index in [1.807, 2.05) is 38.1 Å². The number of hydrogen-bond acceptors (Lipinski definition) is 3. The van der Waals surface area contributed by atoms with E-state index in [4.69, 9.17) is 5.26 Å². The zero-order chi connectivity index (χ0) is 15.5. The number of benzene rings is 1. The molecule has 114 valence electrons. The summed E-state index contributed by atoms with van der Waals surface area (Å²) in [6.45, 7) is 4.00. The second-order valence-electron chi connectivity index (χ2n) is 6.06. The largest absolute Gasteiger partial charge is 0.213 e. The first-order valence-corrected chi connectivity index (χ1v) is 9.00. The topological polar surface area (TPSA) is 70.0 Å². The lowest BCUT2D eigenvalue weighted by molar-refractivity contribution is 0.529. The molecule has 1 aromatic carbocycles. The minimum atomic E-state index is -3.40. The minimum Gasteiger partial charge on any atom is -0.212 e. The van der Waals surface area contributed by atoms with E-state index in [1.54, 1.807) is 0 Å². The Kier molecular flexibility index (Phi) is 4.70. The van der Waals surface area contributed by atoms with Crippen molar-refractivity contribution in [2.24, 2.45) is 5.41 Å². The number of nitrogens with zero attached hydrogens (tertiary/aromatic N) is 1. The lowest BCUT2D eigenvalue weighted by atomic mass is 10.0. The maximum absolute atomic E-state index is 12.2. The Hall–Kier alpha value is -1.38. The summed E-state index contributed by atoms with van der Waals surface area (Å²) in [7, 11) is -3.40. The van der Waals surface area contributed by atoms with E-state index in [-0.39, 0.29) is 11.8 Å². The Balaban J connectivity index is 1.98. The Morgan fingerprint density at radius 1 is 1.33 bits per heavy atom. The van der Waals surface area contributed by atoms with E-state index >= 15 is 0 Å². The van der Waals surface area contributed by atoms with Crippen LogP contribution >= 0.6 is 0 Å². The second kappa shape index (κ2) is 6.17. The van der Waals surface area contributed by atoms with Gasteiger partial charge in [0.1, 0.15) is 0 Å². The van der Waals surface area contributed by atoms with E-state index in [9.17, 15) is 8.42 Å². The van der Waals surface area contributed by atoms with Gasteiger partial charge in [0.05, 0.1) is 17.2 Å². The van der Waals surface area contributed by atoms with Crippen LogP contribution in [0.3, 0.4) is 0 Å². The fourth-order valence-electron chi connectivity index (χ4n) is 2.38. The highest BCUT2D eigenvalue weighted by Gasteiger charge is 2.47. The molecule has 2 rings (SSSR count). The molecule has 0 bridgehead atoms. The van der Waals surface area contributed by atoms with Crippen molar-refractivity contribution in [3.05, 3.63) is 35.4 Å². The molecule has 0 radical (unpaired) electrons. The molecule has 21 heavy (non-hydrogen) atoms. The lowest BCUT2D eigenvalue weighted by Crippen LogP contribution is -2.39. The van der Waals surface area contributed by atoms with Crippen LogP contribution in [0.1, 0.15) is 37.3 Å². The van der Waals surface area contributed by atoms with Crippen molar-refractivity contribution in [3.8, 4) is 6.07 Å². The molecular weight excluding hydrogens is 284 g/mol. The van der Waals surface area contributed by atoms with Crippen LogP contribution in [0.4, 0.5) is 0 Å². The molecule has 1 aromatic rings. The van der Waals surface area contributed by atoms with Gasteiger partial charge >= 0.3 is 0 Å². The van der Waals surface area contributed by atoms with Gasteiger partial charge in [0.15, 0.2) is 0 Å². The predicted molar refractivity (Wildman–Crippen MR) is 83.2 cm³/mol. The summed E-state index contributed by atoms with van der Waals surface area (Å²) in [6.07, 6.45) is 2.79. The normalized spacial score (nSPS) is 18.0. The van der Waals surface area contributed by atoms with E-state index in [0.29, 0.717) is 19.3 Å². The first-order valence-electron chi connectivity index (χ1n) is 7.35. The van der Waals surface area contributed by atoms with E-state index < -0.39 is 15.4 Å². The number of rotatable bonds is 7. The van der Waals surface area contributed by atoms with Gasteiger partial charge in [-0.3, -0.25) is 0 Å². The summed E-state index contributed by atoms with van der Waals surface area (Å²) in [5.74, 6) is -0.0686. The second-order valence-corrected chi connectivity index (χ2v) is 7.82. The van der Waals surface area contributed by atoms with Crippen molar-refractivity contribution in [2.45, 2.75) is 45.6 Å². The van der Waals surface area contributed by atoms with Crippen LogP contribution < -0.4 is 4.72 Å². The summed E-state index contributed by atoms with van der Waals surface area (Å²) >= 11 is 0. The number of nitriles is 1. The smallest absolute Gasteiger partial charge is 0.212 e. The Morgan fingerprint density at radius 2 is 1.95 bits per heavy atom. The number of nitrogens with one attached hydrogen (secondary N) is 1. The third-order valence-electron chi connectivity index (χ3n) is 4.00. The van der Waals surface area contributed by atoms with Crippen LogP contribution in [0, 0.1) is 23.7 Å². The molecule has 1 unspecified atom stereocenters. The maximum atomic E-state index is 12.2. The molecule has 0 aromatic heterocycles. The standard InChI is InChI=1S/C16H22N2O2S/c1-3-15(10-14-6-4-13(2)5-7-14)18-21(19,20)12-16(11-17)8-9-16/h4-7,15,18H,3,8-10,12H2,1-2H3. The van der Waals surface area contributed by atoms with Gasteiger partial charge in [-0.15, -0.1) is 0 Å². The maximum Gasteiger partial charge on any atom is 0.213 e. The average Bonchev–Trinajstić information content (AvgIpc) is 3.19. The molecule has 1 fully saturated rings. The van der Waals surface area contributed by atoms with Crippen molar-refractivity contribution in [2.75, 3.05) is 5.75 Å². The van der Waals surface area contributed by atoms with Crippen LogP contribution in [0.15, 0.2) is 24.3 Å². The first kappa shape index (κ1) is 16.0. The van der Waals surface area contributed by atoms with Crippen molar-refractivity contribution in [3.63, 3.8) is 0 Å². The Bertz CT molecular complexity index is 625. The van der Waals surface area contributed by atoms with Gasteiger partial charge in [-0.1, -0.05) is 36.8 Å². The third-order valence-corrected chi connectivity index (χ3v) is 5.62. The summed E-state index contributed by atoms with van der Waals surface area (Å²) < 4.78 is 27.2. The molecule has 5 heteroatoms. The fourth-order valence-corrected chi connectivity index (χ4v) is 4.30. The van der Waals surface area contributed by atoms with Crippen molar-refractivity contribution >= 4 is 10.0 Å². The molecule has 1 saturated carbocycles. The summed E-state index contributed by atoms with van der Waals surface area (Å²) in [5.41, 5.74) is 1.68. The zero-order valence-corrected chi connectivity index (χ0v) is 13.4. The lowest BCUT2D eigenvalue weighted by Gasteiger charge is -2.18. The zero-order valence-electron chi connectivity index (χ0n) is 12.6. The van der Waals surface area contributed by atoms with Crippen molar-refractivity contribution in [1.29, 1.82) is 5.26 Å². The SMILES string of the molecule is CCC(Cc1ccc(C)cc1)NS(=O)(=O)CC1(C#N)CC1. The molecular formula is C16H22N2O2S. The minimum absolute atomic E-state index is 0.0686. The quantitative estimate of drug-likeness (QED) is 0.841. The third kappa shape index (κ3) is 4.55. The number of aryl methyl sites for hydroxylation is 1. The Morgan fingerprint density at radius 3 is 2.43 bits per heavy atom. The van der Waals surface area contributed by atoms with Crippen LogP contribution in [-0.2, 0) is 16.4 Å². The van der Waals surface area contributed by atoms with Crippen LogP contribution in [0.25, 0.3) is 0 Å². The van der Waals surface area contributed by atoms with Gasteiger partial charge in [-0.25, -0.2) is 13.1 Å². The molecule has 1 aliphatic carbocycles. The summed E-state index contributed by atoms with van der Waals surface area (Å²) in [5, 5.41) is 9.03. The molecule has 0 heterocycles. The van der Waals surface area contributed by atoms with Crippen molar-refractivity contribution < 1.29 is 8.42 Å². The van der Waals surface area contributed by atoms with E-state index in [1.165, 1.54) is 5.56 Å². The molecule has 0 amide bonds. The van der Waals surface area contributed by atoms with Gasteiger partial charge in [0.25, 0.3) is 0 Å². The molecule has 0 spiro atoms. The highest BCUT2D eigenvalue weighted by atomic mass is 32.2. The molecule has 4 nitrogen and oxygen atoms in total. The van der Waals surface area contributed by atoms with Gasteiger partial charge in [0.2, 0.25) is 10.0 Å². The monoisotopic (exact) mass is 306 g/mol. The van der Waals surface area contributed by atoms with Crippen LogP contribution in [0.5, 0.6) is 0 Å².